The molecule has 0 spiro atoms. The summed E-state index contributed by atoms with van der Waals surface area (Å²) in [5.41, 5.74) is 8.57. The number of aryl methyl sites for hydroxylation is 2. The highest BCUT2D eigenvalue weighted by molar-refractivity contribution is 8.04. The van der Waals surface area contributed by atoms with Crippen LogP contribution in [0.4, 0.5) is 0 Å². The van der Waals surface area contributed by atoms with Gasteiger partial charge in [0.2, 0.25) is 0 Å². The number of rotatable bonds is 11. The molecule has 7 nitrogen and oxygen atoms in total. The molecule has 2 N–H and O–H groups in total. The monoisotopic (exact) mass is 501 g/mol. The first kappa shape index (κ1) is 26.1. The third kappa shape index (κ3) is 6.31. The molecule has 0 bridgehead atoms. The van der Waals surface area contributed by atoms with Gasteiger partial charge >= 0.3 is 0 Å². The van der Waals surface area contributed by atoms with Crippen molar-refractivity contribution in [2.45, 2.75) is 30.2 Å². The standard InChI is InChI=1S/C25H31N3O4S2/c1-21-8-12-24(13-9-21)33(29,30)28(34(31,32)25-14-10-22(2)11-15-25)19-18-27(17-16-26)20-23-6-4-3-5-7-23/h3-15H,16-20,26H2,1-2H3. The lowest BCUT2D eigenvalue weighted by atomic mass is 10.2. The number of nitrogens with zero attached hydrogens (tertiary/aromatic N) is 2. The molecular weight excluding hydrogens is 470 g/mol. The Bertz CT molecular complexity index is 1200. The quantitative estimate of drug-likeness (QED) is 0.433. The Balaban J connectivity index is 1.97. The fraction of sp³-hybridized carbons (Fsp3) is 0.280. The molecule has 34 heavy (non-hydrogen) atoms. The minimum absolute atomic E-state index is 0.0674. The molecule has 0 saturated carbocycles. The summed E-state index contributed by atoms with van der Waals surface area (Å²) in [4.78, 5) is 1.82. The molecule has 0 aliphatic rings. The summed E-state index contributed by atoms with van der Waals surface area (Å²) in [6, 6.07) is 22.0. The van der Waals surface area contributed by atoms with Gasteiger partial charge in [0.15, 0.2) is 0 Å². The normalized spacial score (nSPS) is 12.4. The lowest BCUT2D eigenvalue weighted by Crippen LogP contribution is -2.43. The van der Waals surface area contributed by atoms with E-state index in [-0.39, 0.29) is 22.9 Å². The van der Waals surface area contributed by atoms with Gasteiger partial charge < -0.3 is 5.73 Å². The van der Waals surface area contributed by atoms with Gasteiger partial charge in [-0.15, -0.1) is 0 Å². The van der Waals surface area contributed by atoms with Crippen LogP contribution in [0.15, 0.2) is 88.7 Å². The molecule has 3 aromatic rings. The third-order valence-electron chi connectivity index (χ3n) is 5.47. The van der Waals surface area contributed by atoms with Crippen LogP contribution in [0.3, 0.4) is 0 Å². The van der Waals surface area contributed by atoms with Crippen molar-refractivity contribution in [3.63, 3.8) is 0 Å². The minimum Gasteiger partial charge on any atom is -0.329 e. The average molecular weight is 502 g/mol. The van der Waals surface area contributed by atoms with Crippen molar-refractivity contribution in [3.05, 3.63) is 95.6 Å². The molecule has 0 heterocycles. The molecule has 0 atom stereocenters. The van der Waals surface area contributed by atoms with E-state index in [0.29, 0.717) is 23.3 Å². The minimum atomic E-state index is -4.33. The Morgan fingerprint density at radius 1 is 0.647 bits per heavy atom. The van der Waals surface area contributed by atoms with E-state index >= 15 is 0 Å². The molecule has 182 valence electrons. The Labute approximate surface area is 202 Å². The summed E-state index contributed by atoms with van der Waals surface area (Å²) in [7, 11) is -8.66. The molecule has 0 aromatic heterocycles. The second-order valence-corrected chi connectivity index (χ2v) is 12.1. The van der Waals surface area contributed by atoms with E-state index in [4.69, 9.17) is 5.73 Å². The molecule has 0 aliphatic heterocycles. The Hall–Kier alpha value is -2.56. The summed E-state index contributed by atoms with van der Waals surface area (Å²) >= 11 is 0. The zero-order valence-electron chi connectivity index (χ0n) is 19.5. The van der Waals surface area contributed by atoms with Gasteiger partial charge in [-0.1, -0.05) is 69.4 Å². The maximum atomic E-state index is 13.6. The van der Waals surface area contributed by atoms with Gasteiger partial charge in [0, 0.05) is 32.7 Å². The molecule has 0 unspecified atom stereocenters. The maximum absolute atomic E-state index is 13.6. The number of hydrogen-bond acceptors (Lipinski definition) is 6. The predicted octanol–water partition coefficient (Wildman–Crippen LogP) is 3.14. The van der Waals surface area contributed by atoms with E-state index in [9.17, 15) is 16.8 Å². The number of hydrogen-bond donors (Lipinski definition) is 1. The Kier molecular flexibility index (Phi) is 8.62. The van der Waals surface area contributed by atoms with Gasteiger partial charge in [-0.25, -0.2) is 16.8 Å². The smallest absolute Gasteiger partial charge is 0.256 e. The van der Waals surface area contributed by atoms with Crippen molar-refractivity contribution < 1.29 is 16.8 Å². The molecule has 0 aliphatic carbocycles. The average Bonchev–Trinajstić information content (AvgIpc) is 2.80. The van der Waals surface area contributed by atoms with Crippen LogP contribution in [0.1, 0.15) is 16.7 Å². The van der Waals surface area contributed by atoms with Crippen LogP contribution < -0.4 is 5.73 Å². The highest BCUT2D eigenvalue weighted by atomic mass is 32.3. The molecule has 3 rings (SSSR count). The summed E-state index contributed by atoms with van der Waals surface area (Å²) in [5.74, 6) is 0. The summed E-state index contributed by atoms with van der Waals surface area (Å²) in [6.45, 7) is 5.03. The van der Waals surface area contributed by atoms with Crippen molar-refractivity contribution >= 4 is 20.0 Å². The van der Waals surface area contributed by atoms with Gasteiger partial charge in [0.25, 0.3) is 20.0 Å². The van der Waals surface area contributed by atoms with Gasteiger partial charge in [-0.3, -0.25) is 4.90 Å². The van der Waals surface area contributed by atoms with E-state index in [1.54, 1.807) is 24.3 Å². The molecule has 0 radical (unpaired) electrons. The molecule has 3 aromatic carbocycles. The third-order valence-corrected chi connectivity index (χ3v) is 9.82. The highest BCUT2D eigenvalue weighted by Crippen LogP contribution is 2.25. The largest absolute Gasteiger partial charge is 0.329 e. The van der Waals surface area contributed by atoms with E-state index in [2.05, 4.69) is 0 Å². The second-order valence-electron chi connectivity index (χ2n) is 8.18. The van der Waals surface area contributed by atoms with Crippen molar-refractivity contribution in [3.8, 4) is 0 Å². The molecule has 0 amide bonds. The van der Waals surface area contributed by atoms with Gasteiger partial charge in [0.05, 0.1) is 9.79 Å². The van der Waals surface area contributed by atoms with Crippen molar-refractivity contribution in [1.29, 1.82) is 0 Å². The molecule has 0 fully saturated rings. The van der Waals surface area contributed by atoms with Crippen LogP contribution in [-0.2, 0) is 26.6 Å². The lowest BCUT2D eigenvalue weighted by molar-refractivity contribution is 0.265. The van der Waals surface area contributed by atoms with Crippen molar-refractivity contribution in [2.75, 3.05) is 26.2 Å². The molecular formula is C25H31N3O4S2. The van der Waals surface area contributed by atoms with E-state index in [1.165, 1.54) is 24.3 Å². The summed E-state index contributed by atoms with van der Waals surface area (Å²) in [5, 5.41) is 0. The Morgan fingerprint density at radius 3 is 1.56 bits per heavy atom. The molecule has 9 heteroatoms. The fourth-order valence-corrected chi connectivity index (χ4v) is 7.17. The van der Waals surface area contributed by atoms with Gasteiger partial charge in [0.1, 0.15) is 0 Å². The fourth-order valence-electron chi connectivity index (χ4n) is 3.54. The maximum Gasteiger partial charge on any atom is 0.256 e. The second kappa shape index (κ2) is 11.2. The van der Waals surface area contributed by atoms with Crippen LogP contribution in [0, 0.1) is 13.8 Å². The van der Waals surface area contributed by atoms with E-state index in [0.717, 1.165) is 16.7 Å². The highest BCUT2D eigenvalue weighted by Gasteiger charge is 2.36. The van der Waals surface area contributed by atoms with Crippen LogP contribution in [0.2, 0.25) is 0 Å². The van der Waals surface area contributed by atoms with E-state index < -0.39 is 20.0 Å². The number of benzene rings is 3. The summed E-state index contributed by atoms with van der Waals surface area (Å²) < 4.78 is 54.9. The lowest BCUT2D eigenvalue weighted by Gasteiger charge is -2.27. The van der Waals surface area contributed by atoms with Crippen molar-refractivity contribution in [1.82, 2.24) is 8.61 Å². The van der Waals surface area contributed by atoms with Gasteiger partial charge in [-0.05, 0) is 43.7 Å². The van der Waals surface area contributed by atoms with Crippen molar-refractivity contribution in [2.24, 2.45) is 5.73 Å². The van der Waals surface area contributed by atoms with Crippen LogP contribution in [0.25, 0.3) is 0 Å². The summed E-state index contributed by atoms with van der Waals surface area (Å²) in [6.07, 6.45) is 0. The zero-order valence-corrected chi connectivity index (χ0v) is 21.1. The molecule has 0 saturated heterocycles. The first-order chi connectivity index (χ1) is 16.1. The SMILES string of the molecule is Cc1ccc(S(=O)(=O)N(CCN(CCN)Cc2ccccc2)S(=O)(=O)c2ccc(C)cc2)cc1. The predicted molar refractivity (Wildman–Crippen MR) is 134 cm³/mol. The topological polar surface area (TPSA) is 101 Å². The van der Waals surface area contributed by atoms with Gasteiger partial charge in [-0.2, -0.15) is 0 Å². The number of sulfonamides is 2. The zero-order chi connectivity index (χ0) is 24.8. The number of nitrogens with two attached hydrogens (primary N) is 1. The van der Waals surface area contributed by atoms with Crippen LogP contribution >= 0.6 is 0 Å². The van der Waals surface area contributed by atoms with Crippen LogP contribution in [-0.4, -0.2) is 51.6 Å². The Morgan fingerprint density at radius 2 is 1.12 bits per heavy atom. The van der Waals surface area contributed by atoms with E-state index in [1.807, 2.05) is 49.1 Å². The van der Waals surface area contributed by atoms with Crippen LogP contribution in [0.5, 0.6) is 0 Å². The first-order valence-corrected chi connectivity index (χ1v) is 13.9. The first-order valence-electron chi connectivity index (χ1n) is 11.0.